The molecule has 0 radical (unpaired) electrons. The number of hydrogen-bond donors (Lipinski definition) is 1. The topological polar surface area (TPSA) is 54.3 Å². The molecule has 0 bridgehead atoms. The summed E-state index contributed by atoms with van der Waals surface area (Å²) in [4.78, 5) is 2.42. The number of likely N-dealkylation sites (N-methyl/N-ethyl adjacent to an activating group) is 1. The van der Waals surface area contributed by atoms with E-state index in [4.69, 9.17) is 0 Å². The van der Waals surface area contributed by atoms with Crippen LogP contribution in [-0.2, 0) is 16.6 Å². The van der Waals surface area contributed by atoms with Gasteiger partial charge in [-0.25, -0.2) is 8.42 Å². The minimum atomic E-state index is -3.69. The smallest absolute Gasteiger partial charge is 0.262 e. The van der Waals surface area contributed by atoms with Crippen molar-refractivity contribution in [2.24, 2.45) is 0 Å². The van der Waals surface area contributed by atoms with Crippen LogP contribution in [0.1, 0.15) is 0 Å². The van der Waals surface area contributed by atoms with Crippen LogP contribution < -0.4 is 4.72 Å². The predicted molar refractivity (Wildman–Crippen MR) is 115 cm³/mol. The summed E-state index contributed by atoms with van der Waals surface area (Å²) < 4.78 is 30.9. The van der Waals surface area contributed by atoms with E-state index in [0.29, 0.717) is 11.1 Å². The lowest BCUT2D eigenvalue weighted by Crippen LogP contribution is -2.17. The summed E-state index contributed by atoms with van der Waals surface area (Å²) in [5, 5.41) is 2.63. The number of sulfonamides is 1. The van der Waals surface area contributed by atoms with Crippen molar-refractivity contribution in [3.63, 3.8) is 0 Å². The fourth-order valence-corrected chi connectivity index (χ4v) is 4.69. The molecular weight excluding hydrogens is 370 g/mol. The first kappa shape index (κ1) is 18.5. The lowest BCUT2D eigenvalue weighted by atomic mass is 10.1. The number of nitrogens with one attached hydrogen (secondary N) is 1. The Labute approximate surface area is 165 Å². The highest BCUT2D eigenvalue weighted by molar-refractivity contribution is 7.93. The molecule has 6 heteroatoms. The lowest BCUT2D eigenvalue weighted by Gasteiger charge is -2.12. The zero-order chi connectivity index (χ0) is 19.7. The largest absolute Gasteiger partial charge is 0.346 e. The Balaban J connectivity index is 1.65. The van der Waals surface area contributed by atoms with Crippen molar-refractivity contribution >= 4 is 37.4 Å². The summed E-state index contributed by atoms with van der Waals surface area (Å²) in [6.07, 6.45) is 2.04. The summed E-state index contributed by atoms with van der Waals surface area (Å²) >= 11 is 0. The van der Waals surface area contributed by atoms with Crippen molar-refractivity contribution in [1.82, 2.24) is 9.47 Å². The summed E-state index contributed by atoms with van der Waals surface area (Å²) in [6, 6.07) is 20.5. The Morgan fingerprint density at radius 3 is 2.54 bits per heavy atom. The third-order valence-electron chi connectivity index (χ3n) is 4.85. The molecule has 0 saturated carbocycles. The monoisotopic (exact) mass is 393 g/mol. The minimum absolute atomic E-state index is 0.286. The highest BCUT2D eigenvalue weighted by Gasteiger charge is 2.17. The molecular formula is C22H23N3O2S. The number of fused-ring (bicyclic) bond motifs is 2. The van der Waals surface area contributed by atoms with Gasteiger partial charge in [0.2, 0.25) is 0 Å². The first-order valence-electron chi connectivity index (χ1n) is 9.18. The van der Waals surface area contributed by atoms with E-state index in [2.05, 4.69) is 14.2 Å². The van der Waals surface area contributed by atoms with Crippen LogP contribution in [0.15, 0.2) is 77.8 Å². The lowest BCUT2D eigenvalue weighted by molar-refractivity contribution is 0.387. The third kappa shape index (κ3) is 3.61. The van der Waals surface area contributed by atoms with E-state index < -0.39 is 10.0 Å². The molecule has 0 aliphatic heterocycles. The molecule has 28 heavy (non-hydrogen) atoms. The third-order valence-corrected chi connectivity index (χ3v) is 6.29. The van der Waals surface area contributed by atoms with E-state index in [1.807, 2.05) is 74.9 Å². The molecule has 1 N–H and O–H groups in total. The standard InChI is InChI=1S/C22H23N3O2S/c1-24(2)14-15-25-13-12-18-16-19(10-11-21(18)25)23-28(26,27)22-9-5-7-17-6-3-4-8-20(17)22/h3-13,16,23H,14-15H2,1-2H3. The maximum absolute atomic E-state index is 13.0. The van der Waals surface area contributed by atoms with Gasteiger partial charge in [-0.2, -0.15) is 0 Å². The molecule has 3 aromatic carbocycles. The summed E-state index contributed by atoms with van der Waals surface area (Å²) in [6.45, 7) is 1.83. The molecule has 1 aromatic heterocycles. The molecule has 0 spiro atoms. The summed E-state index contributed by atoms with van der Waals surface area (Å²) in [5.41, 5.74) is 1.65. The van der Waals surface area contributed by atoms with Crippen LogP contribution in [0, 0.1) is 0 Å². The van der Waals surface area contributed by atoms with Gasteiger partial charge in [0.25, 0.3) is 10.0 Å². The van der Waals surface area contributed by atoms with E-state index in [1.54, 1.807) is 12.1 Å². The average Bonchev–Trinajstić information content (AvgIpc) is 3.07. The van der Waals surface area contributed by atoms with Gasteiger partial charge in [0, 0.05) is 41.3 Å². The molecule has 0 fully saturated rings. The van der Waals surface area contributed by atoms with Gasteiger partial charge in [-0.05, 0) is 49.8 Å². The minimum Gasteiger partial charge on any atom is -0.346 e. The van der Waals surface area contributed by atoms with Crippen LogP contribution in [-0.4, -0.2) is 38.5 Å². The van der Waals surface area contributed by atoms with E-state index in [-0.39, 0.29) is 4.90 Å². The van der Waals surface area contributed by atoms with Crippen molar-refractivity contribution in [1.29, 1.82) is 0 Å². The Bertz CT molecular complexity index is 1240. The van der Waals surface area contributed by atoms with Gasteiger partial charge in [-0.1, -0.05) is 36.4 Å². The second-order valence-electron chi connectivity index (χ2n) is 7.17. The van der Waals surface area contributed by atoms with Crippen LogP contribution >= 0.6 is 0 Å². The fourth-order valence-electron chi connectivity index (χ4n) is 3.41. The van der Waals surface area contributed by atoms with E-state index in [9.17, 15) is 8.42 Å². The summed E-state index contributed by atoms with van der Waals surface area (Å²) in [7, 11) is 0.408. The molecule has 5 nitrogen and oxygen atoms in total. The van der Waals surface area contributed by atoms with Crippen LogP contribution in [0.4, 0.5) is 5.69 Å². The first-order chi connectivity index (χ1) is 13.4. The van der Waals surface area contributed by atoms with Crippen LogP contribution in [0.5, 0.6) is 0 Å². The van der Waals surface area contributed by atoms with Gasteiger partial charge in [0.15, 0.2) is 0 Å². The molecule has 4 rings (SSSR count). The summed E-state index contributed by atoms with van der Waals surface area (Å²) in [5.74, 6) is 0. The van der Waals surface area contributed by atoms with Gasteiger partial charge in [0.05, 0.1) is 4.90 Å². The van der Waals surface area contributed by atoms with Crippen LogP contribution in [0.2, 0.25) is 0 Å². The average molecular weight is 394 g/mol. The zero-order valence-corrected chi connectivity index (χ0v) is 16.8. The molecule has 1 heterocycles. The SMILES string of the molecule is CN(C)CCn1ccc2cc(NS(=O)(=O)c3cccc4ccccc34)ccc21. The van der Waals surface area contributed by atoms with Crippen molar-refractivity contribution in [2.75, 3.05) is 25.4 Å². The molecule has 144 valence electrons. The normalized spacial score (nSPS) is 12.1. The number of nitrogens with zero attached hydrogens (tertiary/aromatic N) is 2. The quantitative estimate of drug-likeness (QED) is 0.535. The van der Waals surface area contributed by atoms with Crippen molar-refractivity contribution < 1.29 is 8.42 Å². The van der Waals surface area contributed by atoms with Gasteiger partial charge >= 0.3 is 0 Å². The number of benzene rings is 3. The molecule has 0 aliphatic rings. The van der Waals surface area contributed by atoms with Crippen molar-refractivity contribution in [2.45, 2.75) is 11.4 Å². The number of aromatic nitrogens is 1. The van der Waals surface area contributed by atoms with Gasteiger partial charge in [-0.3, -0.25) is 4.72 Å². The number of anilines is 1. The van der Waals surface area contributed by atoms with Gasteiger partial charge < -0.3 is 9.47 Å². The van der Waals surface area contributed by atoms with E-state index in [0.717, 1.165) is 29.4 Å². The van der Waals surface area contributed by atoms with Crippen LogP contribution in [0.25, 0.3) is 21.7 Å². The van der Waals surface area contributed by atoms with Gasteiger partial charge in [-0.15, -0.1) is 0 Å². The van der Waals surface area contributed by atoms with Gasteiger partial charge in [0.1, 0.15) is 0 Å². The maximum atomic E-state index is 13.0. The molecule has 0 unspecified atom stereocenters. The Morgan fingerprint density at radius 1 is 0.929 bits per heavy atom. The Kier molecular flexibility index (Phi) is 4.83. The molecule has 0 amide bonds. The second-order valence-corrected chi connectivity index (χ2v) is 8.82. The Hall–Kier alpha value is -2.83. The van der Waals surface area contributed by atoms with Crippen LogP contribution in [0.3, 0.4) is 0 Å². The van der Waals surface area contributed by atoms with E-state index >= 15 is 0 Å². The Morgan fingerprint density at radius 2 is 1.71 bits per heavy atom. The van der Waals surface area contributed by atoms with Crippen molar-refractivity contribution in [3.05, 3.63) is 72.9 Å². The maximum Gasteiger partial charge on any atom is 0.262 e. The molecule has 4 aromatic rings. The molecule has 0 saturated heterocycles. The predicted octanol–water partition coefficient (Wildman–Crippen LogP) is 4.16. The number of hydrogen-bond acceptors (Lipinski definition) is 3. The molecule has 0 atom stereocenters. The second kappa shape index (κ2) is 7.30. The first-order valence-corrected chi connectivity index (χ1v) is 10.7. The fraction of sp³-hybridized carbons (Fsp3) is 0.182. The highest BCUT2D eigenvalue weighted by atomic mass is 32.2. The molecule has 0 aliphatic carbocycles. The zero-order valence-electron chi connectivity index (χ0n) is 16.0. The van der Waals surface area contributed by atoms with E-state index in [1.165, 1.54) is 0 Å². The highest BCUT2D eigenvalue weighted by Crippen LogP contribution is 2.26. The number of rotatable bonds is 6. The van der Waals surface area contributed by atoms with Crippen molar-refractivity contribution in [3.8, 4) is 0 Å².